The Balaban J connectivity index is 1.75. The topological polar surface area (TPSA) is 72.2 Å². The third-order valence-electron chi connectivity index (χ3n) is 2.61. The maximum Gasteiger partial charge on any atom is 0.159 e. The Morgan fingerprint density at radius 1 is 1.44 bits per heavy atom. The molecule has 6 heteroatoms. The van der Waals surface area contributed by atoms with E-state index in [-0.39, 0.29) is 0 Å². The molecule has 0 spiro atoms. The van der Waals surface area contributed by atoms with Crippen LogP contribution in [0, 0.1) is 0 Å². The normalized spacial score (nSPS) is 18.5. The molecule has 92 valence electrons. The van der Waals surface area contributed by atoms with Crippen molar-refractivity contribution in [1.29, 1.82) is 0 Å². The first-order chi connectivity index (χ1) is 8.81. The van der Waals surface area contributed by atoms with E-state index in [1.807, 2.05) is 22.9 Å². The lowest BCUT2D eigenvalue weighted by atomic mass is 10.2. The molecule has 2 aromatic heterocycles. The minimum absolute atomic E-state index is 0.587. The minimum atomic E-state index is -0.759. The highest BCUT2D eigenvalue weighted by Crippen LogP contribution is 2.18. The maximum atomic E-state index is 9.24. The van der Waals surface area contributed by atoms with Gasteiger partial charge in [-0.1, -0.05) is 0 Å². The van der Waals surface area contributed by atoms with Crippen LogP contribution in [0.3, 0.4) is 0 Å². The van der Waals surface area contributed by atoms with Crippen molar-refractivity contribution < 1.29 is 9.94 Å². The first-order valence-corrected chi connectivity index (χ1v) is 5.54. The SMILES string of the molecule is OC1C=C(c2ccc(Cn3ccnc3)nc2)ON1. The average molecular weight is 244 g/mol. The summed E-state index contributed by atoms with van der Waals surface area (Å²) in [6.45, 7) is 0.682. The highest BCUT2D eigenvalue weighted by Gasteiger charge is 2.15. The predicted molar refractivity (Wildman–Crippen MR) is 63.8 cm³/mol. The van der Waals surface area contributed by atoms with Gasteiger partial charge in [-0.2, -0.15) is 0 Å². The summed E-state index contributed by atoms with van der Waals surface area (Å²) in [5.74, 6) is 0.587. The Morgan fingerprint density at radius 2 is 2.39 bits per heavy atom. The van der Waals surface area contributed by atoms with Gasteiger partial charge in [-0.05, 0) is 12.1 Å². The summed E-state index contributed by atoms with van der Waals surface area (Å²) in [4.78, 5) is 13.4. The van der Waals surface area contributed by atoms with Crippen LogP contribution in [0.1, 0.15) is 11.3 Å². The Kier molecular flexibility index (Phi) is 2.79. The van der Waals surface area contributed by atoms with Crippen LogP contribution in [0.4, 0.5) is 0 Å². The standard InChI is InChI=1S/C12H12N4O2/c17-12-5-11(18-15-12)9-1-2-10(14-6-9)7-16-4-3-13-8-16/h1-6,8,12,15,17H,7H2. The number of pyridine rings is 1. The van der Waals surface area contributed by atoms with Crippen LogP contribution in [0.15, 0.2) is 43.1 Å². The fourth-order valence-corrected chi connectivity index (χ4v) is 1.72. The lowest BCUT2D eigenvalue weighted by Gasteiger charge is -2.05. The number of aromatic nitrogens is 3. The van der Waals surface area contributed by atoms with Crippen molar-refractivity contribution in [2.45, 2.75) is 12.8 Å². The summed E-state index contributed by atoms with van der Waals surface area (Å²) in [5.41, 5.74) is 4.20. The summed E-state index contributed by atoms with van der Waals surface area (Å²) < 4.78 is 1.94. The van der Waals surface area contributed by atoms with Crippen molar-refractivity contribution in [3.05, 3.63) is 54.4 Å². The number of aliphatic hydroxyl groups excluding tert-OH is 1. The van der Waals surface area contributed by atoms with Crippen LogP contribution in [0.25, 0.3) is 5.76 Å². The van der Waals surface area contributed by atoms with Crippen molar-refractivity contribution in [2.24, 2.45) is 0 Å². The van der Waals surface area contributed by atoms with E-state index in [0.29, 0.717) is 12.3 Å². The Hall–Kier alpha value is -2.18. The molecule has 0 radical (unpaired) electrons. The van der Waals surface area contributed by atoms with E-state index in [4.69, 9.17) is 4.84 Å². The summed E-state index contributed by atoms with van der Waals surface area (Å²) in [6, 6.07) is 3.83. The lowest BCUT2D eigenvalue weighted by Crippen LogP contribution is -2.19. The van der Waals surface area contributed by atoms with Gasteiger partial charge in [-0.15, -0.1) is 5.48 Å². The van der Waals surface area contributed by atoms with Gasteiger partial charge in [0.05, 0.1) is 18.6 Å². The number of imidazole rings is 1. The monoisotopic (exact) mass is 244 g/mol. The molecule has 18 heavy (non-hydrogen) atoms. The van der Waals surface area contributed by atoms with Crippen LogP contribution in [0.5, 0.6) is 0 Å². The minimum Gasteiger partial charge on any atom is -0.405 e. The van der Waals surface area contributed by atoms with Gasteiger partial charge in [0.25, 0.3) is 0 Å². The van der Waals surface area contributed by atoms with Crippen LogP contribution in [-0.4, -0.2) is 25.9 Å². The van der Waals surface area contributed by atoms with Gasteiger partial charge in [0.2, 0.25) is 0 Å². The number of aliphatic hydroxyl groups is 1. The Labute approximate surface area is 104 Å². The molecule has 2 aromatic rings. The molecule has 3 heterocycles. The second-order valence-corrected chi connectivity index (χ2v) is 3.97. The van der Waals surface area contributed by atoms with E-state index in [1.165, 1.54) is 0 Å². The number of hydrogen-bond acceptors (Lipinski definition) is 5. The fourth-order valence-electron chi connectivity index (χ4n) is 1.72. The third kappa shape index (κ3) is 2.24. The van der Waals surface area contributed by atoms with Crippen molar-refractivity contribution in [3.8, 4) is 0 Å². The van der Waals surface area contributed by atoms with Crippen LogP contribution in [0.2, 0.25) is 0 Å². The smallest absolute Gasteiger partial charge is 0.159 e. The molecular weight excluding hydrogens is 232 g/mol. The average Bonchev–Trinajstić information content (AvgIpc) is 3.02. The van der Waals surface area contributed by atoms with Gasteiger partial charge in [0.1, 0.15) is 0 Å². The summed E-state index contributed by atoms with van der Waals surface area (Å²) in [5, 5.41) is 9.24. The maximum absolute atomic E-state index is 9.24. The largest absolute Gasteiger partial charge is 0.405 e. The van der Waals surface area contributed by atoms with Crippen molar-refractivity contribution >= 4 is 5.76 Å². The van der Waals surface area contributed by atoms with E-state index in [1.54, 1.807) is 24.8 Å². The lowest BCUT2D eigenvalue weighted by molar-refractivity contribution is 0.0566. The second kappa shape index (κ2) is 4.59. The molecule has 0 aliphatic carbocycles. The zero-order valence-corrected chi connectivity index (χ0v) is 9.52. The highest BCUT2D eigenvalue weighted by molar-refractivity contribution is 5.60. The quantitative estimate of drug-likeness (QED) is 0.823. The van der Waals surface area contributed by atoms with Crippen LogP contribution >= 0.6 is 0 Å². The molecule has 2 N–H and O–H groups in total. The third-order valence-corrected chi connectivity index (χ3v) is 2.61. The number of nitrogens with one attached hydrogen (secondary N) is 1. The van der Waals surface area contributed by atoms with Gasteiger partial charge in [-0.3, -0.25) is 4.98 Å². The summed E-state index contributed by atoms with van der Waals surface area (Å²) >= 11 is 0. The molecule has 0 saturated heterocycles. The van der Waals surface area contributed by atoms with E-state index < -0.39 is 6.23 Å². The van der Waals surface area contributed by atoms with Gasteiger partial charge in [0, 0.05) is 30.2 Å². The number of nitrogens with zero attached hydrogens (tertiary/aromatic N) is 3. The van der Waals surface area contributed by atoms with Gasteiger partial charge in [-0.25, -0.2) is 4.98 Å². The second-order valence-electron chi connectivity index (χ2n) is 3.97. The number of hydrogen-bond donors (Lipinski definition) is 2. The number of rotatable bonds is 3. The molecule has 1 atom stereocenters. The molecule has 1 aliphatic rings. The zero-order chi connectivity index (χ0) is 12.4. The van der Waals surface area contributed by atoms with Gasteiger partial charge in [0.15, 0.2) is 12.0 Å². The molecule has 0 bridgehead atoms. The Bertz CT molecular complexity index is 548. The van der Waals surface area contributed by atoms with E-state index in [2.05, 4.69) is 15.4 Å². The van der Waals surface area contributed by atoms with Gasteiger partial charge < -0.3 is 14.5 Å². The first-order valence-electron chi connectivity index (χ1n) is 5.54. The summed E-state index contributed by atoms with van der Waals surface area (Å²) in [6.07, 6.45) is 7.92. The van der Waals surface area contributed by atoms with Gasteiger partial charge >= 0.3 is 0 Å². The van der Waals surface area contributed by atoms with Crippen molar-refractivity contribution in [3.63, 3.8) is 0 Å². The highest BCUT2D eigenvalue weighted by atomic mass is 16.7. The predicted octanol–water partition coefficient (Wildman–Crippen LogP) is 0.520. The number of hydroxylamine groups is 1. The van der Waals surface area contributed by atoms with E-state index >= 15 is 0 Å². The summed E-state index contributed by atoms with van der Waals surface area (Å²) in [7, 11) is 0. The molecule has 0 aromatic carbocycles. The van der Waals surface area contributed by atoms with Crippen molar-refractivity contribution in [1.82, 2.24) is 20.0 Å². The molecule has 3 rings (SSSR count). The molecular formula is C12H12N4O2. The van der Waals surface area contributed by atoms with E-state index in [9.17, 15) is 5.11 Å². The van der Waals surface area contributed by atoms with E-state index in [0.717, 1.165) is 11.3 Å². The molecule has 6 nitrogen and oxygen atoms in total. The Morgan fingerprint density at radius 3 is 3.00 bits per heavy atom. The molecule has 0 amide bonds. The van der Waals surface area contributed by atoms with Crippen molar-refractivity contribution in [2.75, 3.05) is 0 Å². The molecule has 1 aliphatic heterocycles. The zero-order valence-electron chi connectivity index (χ0n) is 9.52. The molecule has 0 fully saturated rings. The first kappa shape index (κ1) is 10.9. The fraction of sp³-hybridized carbons (Fsp3) is 0.167. The van der Waals surface area contributed by atoms with Crippen LogP contribution < -0.4 is 5.48 Å². The molecule has 1 unspecified atom stereocenters. The van der Waals surface area contributed by atoms with Crippen LogP contribution in [-0.2, 0) is 11.4 Å². The molecule has 0 saturated carbocycles.